The number of phenolic OH excluding ortho intramolecular Hbond substituents is 1. The van der Waals surface area contributed by atoms with Gasteiger partial charge in [-0.15, -0.1) is 0 Å². The molecule has 73 heavy (non-hydrogen) atoms. The molecule has 9 rings (SSSR count). The normalized spacial score (nSPS) is 21.8. The number of aromatic hydroxyl groups is 1. The minimum atomic E-state index is -0.566. The van der Waals surface area contributed by atoms with Crippen LogP contribution in [0, 0.1) is 17.2 Å². The Morgan fingerprint density at radius 3 is 2.30 bits per heavy atom. The third kappa shape index (κ3) is 11.8. The van der Waals surface area contributed by atoms with Crippen LogP contribution in [0.25, 0.3) is 5.70 Å². The number of nitriles is 1. The predicted octanol–water partition coefficient (Wildman–Crippen LogP) is 5.52. The van der Waals surface area contributed by atoms with Gasteiger partial charge in [0.2, 0.25) is 17.7 Å². The molecule has 2 aromatic carbocycles. The van der Waals surface area contributed by atoms with Gasteiger partial charge in [0.05, 0.1) is 36.1 Å². The number of likely N-dealkylation sites (tertiary alicyclic amines) is 3. The van der Waals surface area contributed by atoms with E-state index >= 15 is 0 Å². The summed E-state index contributed by atoms with van der Waals surface area (Å²) in [5.74, 6) is 1.26. The molecule has 5 fully saturated rings. The Hall–Kier alpha value is -6.97. The van der Waals surface area contributed by atoms with E-state index in [0.29, 0.717) is 53.7 Å². The Kier molecular flexibility index (Phi) is 15.9. The highest BCUT2D eigenvalue weighted by atomic mass is 16.5. The fraction of sp³-hybridized carbons (Fsp3) is 0.509. The molecule has 2 aromatic heterocycles. The maximum atomic E-state index is 14.2. The second kappa shape index (κ2) is 22.8. The number of anilines is 2. The molecule has 5 aliphatic heterocycles. The maximum absolute atomic E-state index is 14.2. The van der Waals surface area contributed by atoms with Gasteiger partial charge in [-0.1, -0.05) is 43.3 Å². The van der Waals surface area contributed by atoms with Crippen LogP contribution in [-0.2, 0) is 14.3 Å². The van der Waals surface area contributed by atoms with Crippen molar-refractivity contribution in [3.63, 3.8) is 0 Å². The van der Waals surface area contributed by atoms with Crippen LogP contribution in [0.4, 0.5) is 11.5 Å². The van der Waals surface area contributed by atoms with Gasteiger partial charge in [-0.05, 0) is 106 Å². The fourth-order valence-corrected chi connectivity index (χ4v) is 11.5. The lowest BCUT2D eigenvalue weighted by atomic mass is 9.91. The van der Waals surface area contributed by atoms with Crippen molar-refractivity contribution in [3.05, 3.63) is 113 Å². The number of piperidine rings is 2. The number of hydrogen-bond donors (Lipinski definition) is 5. The zero-order valence-electron chi connectivity index (χ0n) is 42.4. The van der Waals surface area contributed by atoms with Gasteiger partial charge in [0.15, 0.2) is 11.6 Å². The van der Waals surface area contributed by atoms with Gasteiger partial charge in [-0.25, -0.2) is 4.98 Å². The number of pyridine rings is 1. The molecule has 388 valence electrons. The summed E-state index contributed by atoms with van der Waals surface area (Å²) in [4.78, 5) is 43.5. The summed E-state index contributed by atoms with van der Waals surface area (Å²) in [6.07, 6.45) is 10.9. The van der Waals surface area contributed by atoms with Crippen molar-refractivity contribution >= 4 is 29.0 Å². The van der Waals surface area contributed by atoms with Crippen molar-refractivity contribution in [3.8, 4) is 17.7 Å². The molecule has 8 N–H and O–H groups in total. The monoisotopic (exact) mass is 997 g/mol. The number of carbonyl (C=O) groups excluding carboxylic acids is 2. The number of nitrogens with one attached hydrogen (secondary N) is 1. The number of ether oxygens (including phenoxy) is 2. The molecule has 5 saturated heterocycles. The third-order valence-corrected chi connectivity index (χ3v) is 15.5. The van der Waals surface area contributed by atoms with E-state index in [9.17, 15) is 14.7 Å². The smallest absolute Gasteiger partial charge is 0.243 e. The molecule has 5 atom stereocenters. The topological polar surface area (TPSA) is 242 Å². The van der Waals surface area contributed by atoms with E-state index in [1.54, 1.807) is 41.3 Å². The average Bonchev–Trinajstić information content (AvgIpc) is 4.15. The van der Waals surface area contributed by atoms with Crippen molar-refractivity contribution in [2.75, 3.05) is 68.8 Å². The summed E-state index contributed by atoms with van der Waals surface area (Å²) < 4.78 is 18.8. The van der Waals surface area contributed by atoms with Crippen LogP contribution in [0.5, 0.6) is 11.6 Å². The zero-order valence-corrected chi connectivity index (χ0v) is 42.4. The Bertz CT molecular complexity index is 2630. The average molecular weight is 997 g/mol. The number of aromatic nitrogens is 2. The van der Waals surface area contributed by atoms with E-state index in [0.717, 1.165) is 108 Å². The highest BCUT2D eigenvalue weighted by molar-refractivity contribution is 5.91. The van der Waals surface area contributed by atoms with Gasteiger partial charge in [0.25, 0.3) is 0 Å². The summed E-state index contributed by atoms with van der Waals surface area (Å²) in [7, 11) is 0. The van der Waals surface area contributed by atoms with Gasteiger partial charge >= 0.3 is 0 Å². The molecule has 0 spiro atoms. The van der Waals surface area contributed by atoms with E-state index in [4.69, 9.17) is 36.5 Å². The highest BCUT2D eigenvalue weighted by Crippen LogP contribution is 2.38. The van der Waals surface area contributed by atoms with E-state index in [-0.39, 0.29) is 59.6 Å². The van der Waals surface area contributed by atoms with Crippen LogP contribution in [0.2, 0.25) is 0 Å². The Morgan fingerprint density at radius 2 is 1.62 bits per heavy atom. The number of rotatable bonds is 17. The summed E-state index contributed by atoms with van der Waals surface area (Å²) >= 11 is 0. The first-order valence-corrected chi connectivity index (χ1v) is 26.2. The number of nitrogens with zero attached hydrogens (tertiary/aromatic N) is 8. The maximum Gasteiger partial charge on any atom is 0.243 e. The molecular formula is C55H72N12O6. The molecular weight excluding hydrogens is 925 g/mol. The number of carbonyl (C=O) groups is 2. The first-order chi connectivity index (χ1) is 35.3. The van der Waals surface area contributed by atoms with Crippen LogP contribution < -0.4 is 37.1 Å². The summed E-state index contributed by atoms with van der Waals surface area (Å²) in [6.45, 7) is 12.8. The molecule has 2 bridgehead atoms. The van der Waals surface area contributed by atoms with Gasteiger partial charge in [0, 0.05) is 99.7 Å². The van der Waals surface area contributed by atoms with Crippen LogP contribution in [0.3, 0.4) is 0 Å². The number of fused-ring (bicyclic) bond motifs is 2. The molecule has 2 amide bonds. The molecule has 7 heterocycles. The Balaban J connectivity index is 0.695. The molecule has 5 aliphatic rings. The number of hydrogen-bond acceptors (Lipinski definition) is 16. The standard InChI is InChI=1S/C55H72N12O6/c1-35(2)52(55(70)66-22-6-8-46(66)54(69)61-36(3)38-12-10-37(32-56)11-13-38)49-31-50(62-73-49)64-25-19-42(20-26-64)71-28-27-63-23-17-43(18-24-63)72-51-29-39(16-21-60-51)67-40-14-15-41(67)34-65(33-40)47(53(58)59)30-45(57)44-7-4-5-9-48(44)68/h4-5,7,9-13,16,21,29-31,35-36,40-43,46,52,68H,6,8,14-15,17-20,22-28,33-34,57-59H2,1-3H3,(H,61,69)/b45-30-. The quantitative estimate of drug-likeness (QED) is 0.0818. The summed E-state index contributed by atoms with van der Waals surface area (Å²) in [6, 6.07) is 22.0. The largest absolute Gasteiger partial charge is 0.507 e. The number of para-hydroxylation sites is 1. The lowest BCUT2D eigenvalue weighted by Gasteiger charge is -2.44. The number of piperazine rings is 1. The van der Waals surface area contributed by atoms with Crippen LogP contribution in [0.1, 0.15) is 107 Å². The fourth-order valence-electron chi connectivity index (χ4n) is 11.5. The summed E-state index contributed by atoms with van der Waals surface area (Å²) in [5.41, 5.74) is 23.1. The number of amides is 2. The third-order valence-electron chi connectivity index (χ3n) is 15.5. The highest BCUT2D eigenvalue weighted by Gasteiger charge is 2.42. The Labute approximate surface area is 428 Å². The van der Waals surface area contributed by atoms with E-state index < -0.39 is 12.0 Å². The zero-order chi connectivity index (χ0) is 51.2. The van der Waals surface area contributed by atoms with Gasteiger partial charge in [-0.3, -0.25) is 9.59 Å². The van der Waals surface area contributed by atoms with Crippen molar-refractivity contribution < 1.29 is 28.7 Å². The van der Waals surface area contributed by atoms with Crippen molar-refractivity contribution in [2.45, 2.75) is 114 Å². The number of phenols is 1. The van der Waals surface area contributed by atoms with Crippen molar-refractivity contribution in [1.29, 1.82) is 5.26 Å². The predicted molar refractivity (Wildman–Crippen MR) is 279 cm³/mol. The van der Waals surface area contributed by atoms with Crippen molar-refractivity contribution in [1.82, 2.24) is 30.2 Å². The molecule has 18 heteroatoms. The number of nitrogens with two attached hydrogens (primary N) is 3. The summed E-state index contributed by atoms with van der Waals surface area (Å²) in [5, 5.41) is 27.0. The second-order valence-corrected chi connectivity index (χ2v) is 20.7. The first kappa shape index (κ1) is 51.0. The second-order valence-electron chi connectivity index (χ2n) is 20.7. The van der Waals surface area contributed by atoms with Gasteiger partial charge in [-0.2, -0.15) is 5.26 Å². The molecule has 4 aromatic rings. The molecule has 0 saturated carbocycles. The Morgan fingerprint density at radius 1 is 0.904 bits per heavy atom. The van der Waals surface area contributed by atoms with Gasteiger partial charge in [0.1, 0.15) is 29.6 Å². The first-order valence-electron chi connectivity index (χ1n) is 26.2. The van der Waals surface area contributed by atoms with Crippen LogP contribution in [-0.4, -0.2) is 131 Å². The lowest BCUT2D eigenvalue weighted by Crippen LogP contribution is -2.53. The number of allylic oxidation sites excluding steroid dienone is 1. The number of benzene rings is 2. The van der Waals surface area contributed by atoms with E-state index in [2.05, 4.69) is 53.3 Å². The lowest BCUT2D eigenvalue weighted by molar-refractivity contribution is -0.141. The SMILES string of the molecule is CC(NC(=O)C1CCCN1C(=O)C(c1cc(N2CCC(OCCN3CCC(Oc4cc(N5C6CCC5CN(C(/C=C(\N)c5ccccc5O)=C(N)N)C6)ccn4)CC3)CC2)no1)C(C)C)c1ccc(C#N)cc1. The molecule has 5 unspecified atom stereocenters. The van der Waals surface area contributed by atoms with Crippen molar-refractivity contribution in [2.24, 2.45) is 23.1 Å². The minimum absolute atomic E-state index is 0.0683. The molecule has 0 aliphatic carbocycles. The van der Waals surface area contributed by atoms with E-state index in [1.807, 2.05) is 51.2 Å². The van der Waals surface area contributed by atoms with Crippen LogP contribution >= 0.6 is 0 Å². The van der Waals surface area contributed by atoms with Crippen LogP contribution in [0.15, 0.2) is 95.0 Å². The minimum Gasteiger partial charge on any atom is -0.507 e. The van der Waals surface area contributed by atoms with Gasteiger partial charge < -0.3 is 66.1 Å². The molecule has 18 nitrogen and oxygen atoms in total. The van der Waals surface area contributed by atoms with E-state index in [1.165, 1.54) is 0 Å². The molecule has 0 radical (unpaired) electrons.